The SMILES string of the molecule is COCc1cc(NC(=O)[C@@H](N)C(C2CC2)C2CC2)c(F)cc1C(C)C(=O)NCC(F)(F)F. The molecular formula is C22H29F4N3O3. The maximum Gasteiger partial charge on any atom is 0.405 e. The van der Waals surface area contributed by atoms with E-state index in [1.165, 1.54) is 20.1 Å². The summed E-state index contributed by atoms with van der Waals surface area (Å²) in [4.78, 5) is 24.9. The summed E-state index contributed by atoms with van der Waals surface area (Å²) in [6.07, 6.45) is -0.342. The first-order valence-electron chi connectivity index (χ1n) is 10.7. The Labute approximate surface area is 184 Å². The largest absolute Gasteiger partial charge is 0.405 e. The number of methoxy groups -OCH3 is 1. The zero-order valence-corrected chi connectivity index (χ0v) is 18.1. The summed E-state index contributed by atoms with van der Waals surface area (Å²) < 4.78 is 57.1. The quantitative estimate of drug-likeness (QED) is 0.467. The molecule has 2 aliphatic carbocycles. The fourth-order valence-electron chi connectivity index (χ4n) is 4.22. The van der Waals surface area contributed by atoms with Crippen LogP contribution in [-0.4, -0.2) is 37.7 Å². The number of anilines is 1. The molecule has 0 aromatic heterocycles. The van der Waals surface area contributed by atoms with Gasteiger partial charge >= 0.3 is 6.18 Å². The van der Waals surface area contributed by atoms with Gasteiger partial charge < -0.3 is 21.1 Å². The van der Waals surface area contributed by atoms with E-state index in [4.69, 9.17) is 10.5 Å². The average Bonchev–Trinajstić information content (AvgIpc) is 3.62. The van der Waals surface area contributed by atoms with Crippen LogP contribution in [0.4, 0.5) is 23.2 Å². The molecule has 3 rings (SSSR count). The molecule has 2 amide bonds. The molecule has 0 radical (unpaired) electrons. The summed E-state index contributed by atoms with van der Waals surface area (Å²) in [7, 11) is 1.39. The van der Waals surface area contributed by atoms with E-state index < -0.39 is 42.3 Å². The van der Waals surface area contributed by atoms with Crippen molar-refractivity contribution in [2.75, 3.05) is 19.0 Å². The number of alkyl halides is 3. The number of rotatable bonds is 10. The first-order chi connectivity index (χ1) is 15.0. The molecule has 2 fully saturated rings. The van der Waals surface area contributed by atoms with E-state index >= 15 is 0 Å². The Kier molecular flexibility index (Phi) is 7.44. The smallest absolute Gasteiger partial charge is 0.380 e. The van der Waals surface area contributed by atoms with E-state index in [0.29, 0.717) is 17.4 Å². The lowest BCUT2D eigenvalue weighted by Crippen LogP contribution is -2.44. The predicted octanol–water partition coefficient (Wildman–Crippen LogP) is 3.46. The third-order valence-corrected chi connectivity index (χ3v) is 6.16. The van der Waals surface area contributed by atoms with Crippen molar-refractivity contribution in [2.24, 2.45) is 23.5 Å². The van der Waals surface area contributed by atoms with Gasteiger partial charge in [-0.25, -0.2) is 4.39 Å². The van der Waals surface area contributed by atoms with Crippen molar-refractivity contribution in [1.82, 2.24) is 5.32 Å². The lowest BCUT2D eigenvalue weighted by molar-refractivity contribution is -0.139. The number of ether oxygens (including phenoxy) is 1. The molecule has 0 heterocycles. The minimum atomic E-state index is -4.55. The molecule has 2 atom stereocenters. The van der Waals surface area contributed by atoms with Gasteiger partial charge in [-0.15, -0.1) is 0 Å². The number of nitrogens with one attached hydrogen (secondary N) is 2. The number of carbonyl (C=O) groups is 2. The van der Waals surface area contributed by atoms with Crippen LogP contribution < -0.4 is 16.4 Å². The van der Waals surface area contributed by atoms with Crippen molar-refractivity contribution in [2.45, 2.75) is 57.3 Å². The predicted molar refractivity (Wildman–Crippen MR) is 110 cm³/mol. The van der Waals surface area contributed by atoms with Crippen LogP contribution in [0.3, 0.4) is 0 Å². The number of hydrogen-bond acceptors (Lipinski definition) is 4. The second-order valence-electron chi connectivity index (χ2n) is 8.79. The Hall–Kier alpha value is -2.20. The topological polar surface area (TPSA) is 93.4 Å². The number of amides is 2. The lowest BCUT2D eigenvalue weighted by Gasteiger charge is -2.24. The van der Waals surface area contributed by atoms with Crippen molar-refractivity contribution >= 4 is 17.5 Å². The normalized spacial score (nSPS) is 18.4. The van der Waals surface area contributed by atoms with E-state index in [0.717, 1.165) is 31.7 Å². The molecule has 6 nitrogen and oxygen atoms in total. The summed E-state index contributed by atoms with van der Waals surface area (Å²) in [5.41, 5.74) is 6.68. The van der Waals surface area contributed by atoms with Crippen LogP contribution in [0.1, 0.15) is 49.7 Å². The first-order valence-corrected chi connectivity index (χ1v) is 10.7. The molecule has 0 aliphatic heterocycles. The Morgan fingerprint density at radius 1 is 1.16 bits per heavy atom. The Balaban J connectivity index is 1.75. The fourth-order valence-corrected chi connectivity index (χ4v) is 4.22. The Morgan fingerprint density at radius 3 is 2.25 bits per heavy atom. The number of carbonyl (C=O) groups excluding carboxylic acids is 2. The molecule has 1 unspecified atom stereocenters. The zero-order chi connectivity index (χ0) is 23.6. The van der Waals surface area contributed by atoms with Crippen molar-refractivity contribution in [1.29, 1.82) is 0 Å². The van der Waals surface area contributed by atoms with Crippen molar-refractivity contribution in [3.63, 3.8) is 0 Å². The number of hydrogen-bond donors (Lipinski definition) is 3. The maximum absolute atomic E-state index is 14.8. The van der Waals surface area contributed by atoms with Crippen LogP contribution >= 0.6 is 0 Å². The van der Waals surface area contributed by atoms with Crippen molar-refractivity contribution in [3.05, 3.63) is 29.1 Å². The lowest BCUT2D eigenvalue weighted by atomic mass is 9.89. The summed E-state index contributed by atoms with van der Waals surface area (Å²) in [5, 5.41) is 4.35. The summed E-state index contributed by atoms with van der Waals surface area (Å²) >= 11 is 0. The highest BCUT2D eigenvalue weighted by Gasteiger charge is 2.46. The summed E-state index contributed by atoms with van der Waals surface area (Å²) in [6.45, 7) is -0.120. The van der Waals surface area contributed by atoms with E-state index in [9.17, 15) is 27.2 Å². The van der Waals surface area contributed by atoms with Gasteiger partial charge in [-0.3, -0.25) is 9.59 Å². The Bertz CT molecular complexity index is 842. The van der Waals surface area contributed by atoms with Gasteiger partial charge in [0.1, 0.15) is 12.4 Å². The molecule has 1 aromatic carbocycles. The second kappa shape index (κ2) is 9.74. The molecule has 0 spiro atoms. The van der Waals surface area contributed by atoms with Gasteiger partial charge in [-0.2, -0.15) is 13.2 Å². The van der Waals surface area contributed by atoms with Gasteiger partial charge in [-0.05, 0) is 73.6 Å². The van der Waals surface area contributed by atoms with Crippen LogP contribution in [-0.2, 0) is 20.9 Å². The van der Waals surface area contributed by atoms with Gasteiger partial charge in [0.25, 0.3) is 0 Å². The minimum Gasteiger partial charge on any atom is -0.380 e. The van der Waals surface area contributed by atoms with Gasteiger partial charge in [0.2, 0.25) is 11.8 Å². The number of benzene rings is 1. The number of nitrogens with two attached hydrogens (primary N) is 1. The third kappa shape index (κ3) is 6.19. The van der Waals surface area contributed by atoms with Gasteiger partial charge in [0, 0.05) is 7.11 Å². The molecule has 178 valence electrons. The first kappa shape index (κ1) is 24.4. The van der Waals surface area contributed by atoms with Crippen LogP contribution in [0.5, 0.6) is 0 Å². The van der Waals surface area contributed by atoms with Gasteiger partial charge in [0.05, 0.1) is 24.3 Å². The molecule has 10 heteroatoms. The van der Waals surface area contributed by atoms with Crippen LogP contribution in [0.2, 0.25) is 0 Å². The minimum absolute atomic E-state index is 0.0196. The van der Waals surface area contributed by atoms with Crippen LogP contribution in [0.15, 0.2) is 12.1 Å². The van der Waals surface area contributed by atoms with Crippen molar-refractivity contribution < 1.29 is 31.9 Å². The van der Waals surface area contributed by atoms with E-state index in [-0.39, 0.29) is 23.8 Å². The maximum atomic E-state index is 14.8. The Morgan fingerprint density at radius 2 is 1.75 bits per heavy atom. The van der Waals surface area contributed by atoms with Crippen LogP contribution in [0, 0.1) is 23.6 Å². The second-order valence-corrected chi connectivity index (χ2v) is 8.79. The molecular weight excluding hydrogens is 430 g/mol. The summed E-state index contributed by atoms with van der Waals surface area (Å²) in [5.74, 6) is -2.25. The third-order valence-electron chi connectivity index (χ3n) is 6.16. The van der Waals surface area contributed by atoms with E-state index in [2.05, 4.69) is 5.32 Å². The zero-order valence-electron chi connectivity index (χ0n) is 18.1. The molecule has 1 aromatic rings. The molecule has 4 N–H and O–H groups in total. The molecule has 2 saturated carbocycles. The number of halogens is 4. The van der Waals surface area contributed by atoms with Crippen molar-refractivity contribution in [3.8, 4) is 0 Å². The molecule has 32 heavy (non-hydrogen) atoms. The highest BCUT2D eigenvalue weighted by molar-refractivity contribution is 5.95. The van der Waals surface area contributed by atoms with Crippen LogP contribution in [0.25, 0.3) is 0 Å². The molecule has 0 saturated heterocycles. The molecule has 2 aliphatic rings. The highest BCUT2D eigenvalue weighted by Crippen LogP contribution is 2.50. The van der Waals surface area contributed by atoms with Gasteiger partial charge in [0.15, 0.2) is 0 Å². The van der Waals surface area contributed by atoms with E-state index in [1.807, 2.05) is 0 Å². The average molecular weight is 459 g/mol. The fraction of sp³-hybridized carbons (Fsp3) is 0.636. The monoisotopic (exact) mass is 459 g/mol. The molecule has 0 bridgehead atoms. The van der Waals surface area contributed by atoms with Gasteiger partial charge in [-0.1, -0.05) is 0 Å². The highest BCUT2D eigenvalue weighted by atomic mass is 19.4. The summed E-state index contributed by atoms with van der Waals surface area (Å²) in [6, 6.07) is 1.65. The standard InChI is InChI=1S/C22H29F4N3O3/c1-11(20(30)28-10-22(24,25)26)15-8-16(23)17(7-14(15)9-32-2)29-21(31)19(27)18(12-3-4-12)13-5-6-13/h7-8,11-13,18-19H,3-6,9-10,27H2,1-2H3,(H,28,30)(H,29,31)/t11?,19-/m0/s1. The van der Waals surface area contributed by atoms with E-state index in [1.54, 1.807) is 5.32 Å².